The van der Waals surface area contributed by atoms with E-state index in [9.17, 15) is 19.5 Å². The fourth-order valence-electron chi connectivity index (χ4n) is 4.97. The Labute approximate surface area is 205 Å². The molecule has 186 valence electrons. The molecule has 0 spiro atoms. The second kappa shape index (κ2) is 9.70. The number of amides is 2. The molecule has 2 aromatic carbocycles. The van der Waals surface area contributed by atoms with Crippen molar-refractivity contribution in [2.75, 3.05) is 19.8 Å². The van der Waals surface area contributed by atoms with Crippen molar-refractivity contribution in [2.24, 2.45) is 5.41 Å². The molecule has 8 nitrogen and oxygen atoms in total. The van der Waals surface area contributed by atoms with Crippen molar-refractivity contribution in [3.8, 4) is 11.1 Å². The van der Waals surface area contributed by atoms with Gasteiger partial charge in [-0.1, -0.05) is 69.3 Å². The zero-order valence-electron chi connectivity index (χ0n) is 20.5. The van der Waals surface area contributed by atoms with Crippen molar-refractivity contribution in [2.45, 2.75) is 51.8 Å². The van der Waals surface area contributed by atoms with Gasteiger partial charge in [0.05, 0.1) is 12.7 Å². The molecule has 0 aromatic heterocycles. The van der Waals surface area contributed by atoms with E-state index < -0.39 is 41.6 Å². The molecule has 1 fully saturated rings. The zero-order chi connectivity index (χ0) is 25.3. The first-order chi connectivity index (χ1) is 16.6. The van der Waals surface area contributed by atoms with E-state index in [0.717, 1.165) is 22.3 Å². The Kier molecular flexibility index (Phi) is 6.85. The van der Waals surface area contributed by atoms with Crippen LogP contribution in [0, 0.1) is 5.41 Å². The molecule has 1 aliphatic heterocycles. The highest BCUT2D eigenvalue weighted by molar-refractivity contribution is 5.90. The number of fused-ring (bicyclic) bond motifs is 3. The molecule has 3 unspecified atom stereocenters. The summed E-state index contributed by atoms with van der Waals surface area (Å²) in [7, 11) is 0. The first-order valence-electron chi connectivity index (χ1n) is 11.9. The van der Waals surface area contributed by atoms with Crippen molar-refractivity contribution in [1.29, 1.82) is 0 Å². The maximum absolute atomic E-state index is 13.5. The van der Waals surface area contributed by atoms with Crippen LogP contribution in [0.15, 0.2) is 48.5 Å². The summed E-state index contributed by atoms with van der Waals surface area (Å²) in [5.41, 5.74) is 3.77. The van der Waals surface area contributed by atoms with E-state index in [1.54, 1.807) is 6.92 Å². The normalized spacial score (nSPS) is 20.5. The van der Waals surface area contributed by atoms with Gasteiger partial charge in [-0.15, -0.1) is 0 Å². The molecular formula is C27H32N2O6. The number of morpholine rings is 1. The third-order valence-corrected chi connectivity index (χ3v) is 6.75. The van der Waals surface area contributed by atoms with Crippen molar-refractivity contribution < 1.29 is 29.0 Å². The molecule has 0 radical (unpaired) electrons. The van der Waals surface area contributed by atoms with E-state index in [0.29, 0.717) is 0 Å². The highest BCUT2D eigenvalue weighted by Gasteiger charge is 2.44. The molecule has 0 saturated carbocycles. The van der Waals surface area contributed by atoms with Gasteiger partial charge in [0.1, 0.15) is 12.6 Å². The Morgan fingerprint density at radius 3 is 2.20 bits per heavy atom. The minimum absolute atomic E-state index is 0.103. The number of carbonyl (C=O) groups excluding carboxylic acids is 2. The first kappa shape index (κ1) is 24.7. The fourth-order valence-corrected chi connectivity index (χ4v) is 4.97. The Morgan fingerprint density at radius 2 is 1.66 bits per heavy atom. The number of benzene rings is 2. The Balaban J connectivity index is 1.48. The van der Waals surface area contributed by atoms with Crippen molar-refractivity contribution in [3.63, 3.8) is 0 Å². The molecule has 1 saturated heterocycles. The van der Waals surface area contributed by atoms with E-state index in [4.69, 9.17) is 9.47 Å². The number of aliphatic carboxylic acids is 1. The standard InChI is InChI=1S/C27H32N2O6/c1-16-22(25(31)32)29(13-14-34-16)24(30)23(27(2,3)4)28-26(33)35-15-21-19-11-7-5-9-17(19)18-10-6-8-12-20(18)21/h5-12,16,21-23H,13-15H2,1-4H3,(H,28,33)(H,31,32). The predicted molar refractivity (Wildman–Crippen MR) is 130 cm³/mol. The van der Waals surface area contributed by atoms with Crippen molar-refractivity contribution in [1.82, 2.24) is 10.2 Å². The summed E-state index contributed by atoms with van der Waals surface area (Å²) >= 11 is 0. The summed E-state index contributed by atoms with van der Waals surface area (Å²) < 4.78 is 11.1. The summed E-state index contributed by atoms with van der Waals surface area (Å²) in [4.78, 5) is 39.5. The lowest BCUT2D eigenvalue weighted by molar-refractivity contribution is -0.167. The molecule has 1 aliphatic carbocycles. The number of carbonyl (C=O) groups is 3. The second-order valence-corrected chi connectivity index (χ2v) is 10.2. The van der Waals surface area contributed by atoms with E-state index in [-0.39, 0.29) is 25.7 Å². The van der Waals surface area contributed by atoms with Gasteiger partial charge in [-0.2, -0.15) is 0 Å². The fraction of sp³-hybridized carbons (Fsp3) is 0.444. The lowest BCUT2D eigenvalue weighted by Crippen LogP contribution is -2.63. The van der Waals surface area contributed by atoms with E-state index in [1.807, 2.05) is 57.2 Å². The monoisotopic (exact) mass is 480 g/mol. The highest BCUT2D eigenvalue weighted by Crippen LogP contribution is 2.44. The molecule has 4 rings (SSSR count). The van der Waals surface area contributed by atoms with E-state index in [2.05, 4.69) is 17.4 Å². The molecular weight excluding hydrogens is 448 g/mol. The maximum Gasteiger partial charge on any atom is 0.407 e. The largest absolute Gasteiger partial charge is 0.480 e. The van der Waals surface area contributed by atoms with Gasteiger partial charge >= 0.3 is 12.1 Å². The minimum atomic E-state index is -1.14. The van der Waals surface area contributed by atoms with Crippen LogP contribution < -0.4 is 5.32 Å². The molecule has 2 aliphatic rings. The average Bonchev–Trinajstić information content (AvgIpc) is 3.13. The summed E-state index contributed by atoms with van der Waals surface area (Å²) in [5, 5.41) is 12.4. The summed E-state index contributed by atoms with van der Waals surface area (Å²) in [5.74, 6) is -1.71. The topological polar surface area (TPSA) is 105 Å². The number of ether oxygens (including phenoxy) is 2. The lowest BCUT2D eigenvalue weighted by Gasteiger charge is -2.41. The highest BCUT2D eigenvalue weighted by atomic mass is 16.5. The van der Waals surface area contributed by atoms with Crippen LogP contribution in [0.5, 0.6) is 0 Å². The first-order valence-corrected chi connectivity index (χ1v) is 11.9. The van der Waals surface area contributed by atoms with Crippen molar-refractivity contribution >= 4 is 18.0 Å². The van der Waals surface area contributed by atoms with Gasteiger partial charge in [-0.05, 0) is 34.6 Å². The molecule has 8 heteroatoms. The SMILES string of the molecule is CC1OCCN(C(=O)C(NC(=O)OCC2c3ccccc3-c3ccccc32)C(C)(C)C)C1C(=O)O. The summed E-state index contributed by atoms with van der Waals surface area (Å²) in [6.07, 6.45) is -1.37. The Bertz CT molecular complexity index is 1080. The molecule has 2 N–H and O–H groups in total. The number of nitrogens with one attached hydrogen (secondary N) is 1. The van der Waals surface area contributed by atoms with Crippen LogP contribution in [0.3, 0.4) is 0 Å². The third kappa shape index (κ3) is 4.89. The van der Waals surface area contributed by atoms with Crippen LogP contribution in [-0.2, 0) is 19.1 Å². The molecule has 1 heterocycles. The average molecular weight is 481 g/mol. The quantitative estimate of drug-likeness (QED) is 0.677. The smallest absolute Gasteiger partial charge is 0.407 e. The van der Waals surface area contributed by atoms with Gasteiger partial charge in [0, 0.05) is 12.5 Å². The van der Waals surface area contributed by atoms with Gasteiger partial charge in [0.15, 0.2) is 6.04 Å². The lowest BCUT2D eigenvalue weighted by atomic mass is 9.85. The van der Waals surface area contributed by atoms with Crippen LogP contribution >= 0.6 is 0 Å². The van der Waals surface area contributed by atoms with Crippen LogP contribution in [0.1, 0.15) is 44.7 Å². The molecule has 35 heavy (non-hydrogen) atoms. The number of hydrogen-bond donors (Lipinski definition) is 2. The van der Waals surface area contributed by atoms with Crippen LogP contribution in [0.25, 0.3) is 11.1 Å². The predicted octanol–water partition coefficient (Wildman–Crippen LogP) is 3.64. The van der Waals surface area contributed by atoms with Gasteiger partial charge < -0.3 is 24.8 Å². The maximum atomic E-state index is 13.5. The van der Waals surface area contributed by atoms with Gasteiger partial charge in [0.25, 0.3) is 0 Å². The number of carboxylic acids is 1. The van der Waals surface area contributed by atoms with Crippen LogP contribution in [0.4, 0.5) is 4.79 Å². The molecule has 3 atom stereocenters. The van der Waals surface area contributed by atoms with E-state index in [1.165, 1.54) is 4.90 Å². The van der Waals surface area contributed by atoms with Crippen molar-refractivity contribution in [3.05, 3.63) is 59.7 Å². The van der Waals surface area contributed by atoms with Crippen LogP contribution in [-0.4, -0.2) is 65.9 Å². The van der Waals surface area contributed by atoms with Gasteiger partial charge in [-0.3, -0.25) is 4.79 Å². The molecule has 2 amide bonds. The van der Waals surface area contributed by atoms with Gasteiger partial charge in [0.2, 0.25) is 5.91 Å². The number of nitrogens with zero attached hydrogens (tertiary/aromatic N) is 1. The third-order valence-electron chi connectivity index (χ3n) is 6.75. The number of carboxylic acid groups (broad SMARTS) is 1. The summed E-state index contributed by atoms with van der Waals surface area (Å²) in [6, 6.07) is 14.0. The number of alkyl carbamates (subject to hydrolysis) is 1. The Morgan fingerprint density at radius 1 is 1.09 bits per heavy atom. The number of rotatable bonds is 5. The Hall–Kier alpha value is -3.39. The van der Waals surface area contributed by atoms with Gasteiger partial charge in [-0.25, -0.2) is 9.59 Å². The second-order valence-electron chi connectivity index (χ2n) is 10.2. The summed E-state index contributed by atoms with van der Waals surface area (Å²) in [6.45, 7) is 7.58. The zero-order valence-corrected chi connectivity index (χ0v) is 20.5. The molecule has 0 bridgehead atoms. The number of hydrogen-bond acceptors (Lipinski definition) is 5. The molecule has 2 aromatic rings. The minimum Gasteiger partial charge on any atom is -0.480 e. The van der Waals surface area contributed by atoms with E-state index >= 15 is 0 Å². The van der Waals surface area contributed by atoms with Crippen LogP contribution in [0.2, 0.25) is 0 Å².